The third kappa shape index (κ3) is 3.22. The highest BCUT2D eigenvalue weighted by Crippen LogP contribution is 2.52. The first-order chi connectivity index (χ1) is 12.6. The van der Waals surface area contributed by atoms with Crippen LogP contribution >= 0.6 is 11.6 Å². The molecule has 144 valence electrons. The summed E-state index contributed by atoms with van der Waals surface area (Å²) in [6.45, 7) is 7.79. The van der Waals surface area contributed by atoms with Gasteiger partial charge in [-0.1, -0.05) is 29.3 Å². The first-order valence-corrected chi connectivity index (χ1v) is 9.69. The molecule has 1 spiro atoms. The van der Waals surface area contributed by atoms with Crippen LogP contribution in [0.3, 0.4) is 0 Å². The zero-order valence-electron chi connectivity index (χ0n) is 16.3. The molecule has 1 aromatic rings. The Kier molecular flexibility index (Phi) is 4.08. The molecule has 0 N–H and O–H groups in total. The van der Waals surface area contributed by atoms with Crippen molar-refractivity contribution in [1.82, 2.24) is 9.80 Å². The number of halogens is 1. The summed E-state index contributed by atoms with van der Waals surface area (Å²) in [6.07, 6.45) is 3.96. The van der Waals surface area contributed by atoms with Crippen LogP contribution in [-0.4, -0.2) is 47.5 Å². The van der Waals surface area contributed by atoms with Crippen LogP contribution in [0.2, 0.25) is 5.02 Å². The Hall–Kier alpha value is -2.01. The van der Waals surface area contributed by atoms with Crippen molar-refractivity contribution >= 4 is 29.7 Å². The summed E-state index contributed by atoms with van der Waals surface area (Å²) in [7, 11) is 1.80. The van der Waals surface area contributed by atoms with Gasteiger partial charge in [0, 0.05) is 32.1 Å². The summed E-state index contributed by atoms with van der Waals surface area (Å²) in [5.74, 6) is -0.00711. The van der Waals surface area contributed by atoms with E-state index in [-0.39, 0.29) is 17.4 Å². The molecule has 6 heteroatoms. The maximum absolute atomic E-state index is 12.3. The van der Waals surface area contributed by atoms with Crippen LogP contribution in [0, 0.1) is 5.41 Å². The predicted molar refractivity (Wildman–Crippen MR) is 105 cm³/mol. The Morgan fingerprint density at radius 1 is 1.26 bits per heavy atom. The predicted octanol–water partition coefficient (Wildman–Crippen LogP) is 4.34. The second kappa shape index (κ2) is 5.99. The number of benzene rings is 1. The molecule has 2 amide bonds. The lowest BCUT2D eigenvalue weighted by atomic mass is 9.60. The van der Waals surface area contributed by atoms with E-state index in [1.165, 1.54) is 5.57 Å². The molecule has 4 rings (SSSR count). The van der Waals surface area contributed by atoms with Gasteiger partial charge in [-0.3, -0.25) is 4.79 Å². The van der Waals surface area contributed by atoms with E-state index in [4.69, 9.17) is 16.3 Å². The Balaban J connectivity index is 1.41. The van der Waals surface area contributed by atoms with Crippen LogP contribution in [-0.2, 0) is 11.3 Å². The van der Waals surface area contributed by atoms with Crippen molar-refractivity contribution in [2.75, 3.05) is 20.1 Å². The highest BCUT2D eigenvalue weighted by Gasteiger charge is 2.52. The highest BCUT2D eigenvalue weighted by atomic mass is 35.5. The van der Waals surface area contributed by atoms with Crippen LogP contribution in [0.1, 0.15) is 55.1 Å². The molecule has 2 fully saturated rings. The van der Waals surface area contributed by atoms with E-state index < -0.39 is 5.60 Å². The second-order valence-corrected chi connectivity index (χ2v) is 9.55. The number of allylic oxidation sites excluding steroid dienone is 1. The van der Waals surface area contributed by atoms with E-state index in [1.807, 2.05) is 32.9 Å². The van der Waals surface area contributed by atoms with Gasteiger partial charge >= 0.3 is 6.09 Å². The average molecular weight is 389 g/mol. The zero-order chi connectivity index (χ0) is 19.6. The number of carbonyl (C=O) groups excluding carboxylic acids is 2. The number of carbonyl (C=O) groups is 2. The molecule has 3 aliphatic rings. The number of fused-ring (bicyclic) bond motifs is 1. The minimum atomic E-state index is -0.454. The van der Waals surface area contributed by atoms with E-state index in [0.29, 0.717) is 17.1 Å². The molecule has 0 atom stereocenters. The number of likely N-dealkylation sites (tertiary alicyclic amines) is 1. The number of nitrogens with zero attached hydrogens (tertiary/aromatic N) is 2. The first kappa shape index (κ1) is 18.4. The van der Waals surface area contributed by atoms with Gasteiger partial charge in [0.25, 0.3) is 5.91 Å². The molecule has 27 heavy (non-hydrogen) atoms. The first-order valence-electron chi connectivity index (χ1n) is 9.31. The van der Waals surface area contributed by atoms with Gasteiger partial charge in [0.1, 0.15) is 5.60 Å². The van der Waals surface area contributed by atoms with Gasteiger partial charge in [-0.15, -0.1) is 0 Å². The smallest absolute Gasteiger partial charge is 0.410 e. The fourth-order valence-electron chi connectivity index (χ4n) is 4.35. The van der Waals surface area contributed by atoms with Crippen molar-refractivity contribution in [2.45, 2.75) is 45.8 Å². The SMILES string of the molecule is CN1Cc2c(C=C3CC4(C3)CN(C(=O)OC(C)(C)C)C4)ccc(Cl)c2C1=O. The van der Waals surface area contributed by atoms with Crippen molar-refractivity contribution in [2.24, 2.45) is 5.41 Å². The highest BCUT2D eigenvalue weighted by molar-refractivity contribution is 6.34. The van der Waals surface area contributed by atoms with Crippen molar-refractivity contribution in [3.63, 3.8) is 0 Å². The summed E-state index contributed by atoms with van der Waals surface area (Å²) in [6, 6.07) is 3.81. The third-order valence-corrected chi connectivity index (χ3v) is 5.84. The number of hydrogen-bond donors (Lipinski definition) is 0. The van der Waals surface area contributed by atoms with E-state index in [2.05, 4.69) is 6.08 Å². The van der Waals surface area contributed by atoms with Gasteiger partial charge < -0.3 is 14.5 Å². The largest absolute Gasteiger partial charge is 0.444 e. The molecule has 1 aliphatic carbocycles. The van der Waals surface area contributed by atoms with Gasteiger partial charge in [-0.2, -0.15) is 0 Å². The quantitative estimate of drug-likeness (QED) is 0.719. The molecule has 2 heterocycles. The summed E-state index contributed by atoms with van der Waals surface area (Å²) in [4.78, 5) is 27.9. The van der Waals surface area contributed by atoms with Crippen LogP contribution in [0.5, 0.6) is 0 Å². The Bertz CT molecular complexity index is 853. The standard InChI is InChI=1S/C21H25ClN2O3/c1-20(2,3)27-19(26)24-11-21(12-24)8-13(9-21)7-14-5-6-16(22)17-15(14)10-23(4)18(17)25/h5-7H,8-12H2,1-4H3. The second-order valence-electron chi connectivity index (χ2n) is 9.14. The maximum atomic E-state index is 12.3. The molecule has 0 radical (unpaired) electrons. The number of amides is 2. The molecular formula is C21H25ClN2O3. The normalized spacial score (nSPS) is 20.3. The molecule has 5 nitrogen and oxygen atoms in total. The number of hydrogen-bond acceptors (Lipinski definition) is 3. The maximum Gasteiger partial charge on any atom is 0.410 e. The molecule has 2 aliphatic heterocycles. The minimum absolute atomic E-state index is 0.00711. The average Bonchev–Trinajstić information content (AvgIpc) is 2.77. The Labute approximate surface area is 164 Å². The molecule has 0 aromatic heterocycles. The van der Waals surface area contributed by atoms with Gasteiger partial charge in [0.2, 0.25) is 0 Å². The fourth-order valence-corrected chi connectivity index (χ4v) is 4.61. The lowest BCUT2D eigenvalue weighted by Crippen LogP contribution is -2.62. The van der Waals surface area contributed by atoms with Crippen LogP contribution in [0.15, 0.2) is 17.7 Å². The Morgan fingerprint density at radius 2 is 1.93 bits per heavy atom. The monoisotopic (exact) mass is 388 g/mol. The molecule has 1 saturated carbocycles. The van der Waals surface area contributed by atoms with Crippen LogP contribution in [0.4, 0.5) is 4.79 Å². The van der Waals surface area contributed by atoms with Crippen LogP contribution in [0.25, 0.3) is 6.08 Å². The fraction of sp³-hybridized carbons (Fsp3) is 0.524. The zero-order valence-corrected chi connectivity index (χ0v) is 17.0. The van der Waals surface area contributed by atoms with Gasteiger partial charge in [-0.25, -0.2) is 4.79 Å². The Morgan fingerprint density at radius 3 is 2.56 bits per heavy atom. The molecule has 1 saturated heterocycles. The molecular weight excluding hydrogens is 364 g/mol. The van der Waals surface area contributed by atoms with E-state index in [9.17, 15) is 9.59 Å². The van der Waals surface area contributed by atoms with Crippen molar-refractivity contribution in [3.8, 4) is 0 Å². The third-order valence-electron chi connectivity index (χ3n) is 5.52. The summed E-state index contributed by atoms with van der Waals surface area (Å²) in [5.41, 5.74) is 3.87. The number of ether oxygens (including phenoxy) is 1. The summed E-state index contributed by atoms with van der Waals surface area (Å²) >= 11 is 6.24. The minimum Gasteiger partial charge on any atom is -0.444 e. The van der Waals surface area contributed by atoms with Crippen LogP contribution < -0.4 is 0 Å². The molecule has 0 unspecified atom stereocenters. The lowest BCUT2D eigenvalue weighted by Gasteiger charge is -2.56. The van der Waals surface area contributed by atoms with Gasteiger partial charge in [-0.05, 0) is 50.8 Å². The van der Waals surface area contributed by atoms with Crippen molar-refractivity contribution < 1.29 is 14.3 Å². The summed E-state index contributed by atoms with van der Waals surface area (Å²) < 4.78 is 5.43. The number of rotatable bonds is 1. The topological polar surface area (TPSA) is 49.9 Å². The van der Waals surface area contributed by atoms with E-state index >= 15 is 0 Å². The summed E-state index contributed by atoms with van der Waals surface area (Å²) in [5, 5.41) is 0.526. The van der Waals surface area contributed by atoms with E-state index in [1.54, 1.807) is 16.8 Å². The van der Waals surface area contributed by atoms with Gasteiger partial charge in [0.15, 0.2) is 0 Å². The molecule has 0 bridgehead atoms. The molecule has 1 aromatic carbocycles. The van der Waals surface area contributed by atoms with Gasteiger partial charge in [0.05, 0.1) is 10.6 Å². The lowest BCUT2D eigenvalue weighted by molar-refractivity contribution is -0.0498. The van der Waals surface area contributed by atoms with Crippen molar-refractivity contribution in [1.29, 1.82) is 0 Å². The van der Waals surface area contributed by atoms with E-state index in [0.717, 1.165) is 37.1 Å². The van der Waals surface area contributed by atoms with Crippen molar-refractivity contribution in [3.05, 3.63) is 39.4 Å².